The van der Waals surface area contributed by atoms with Gasteiger partial charge in [0.25, 0.3) is 6.43 Å². The van der Waals surface area contributed by atoms with E-state index < -0.39 is 36.0 Å². The molecule has 0 aromatic heterocycles. The van der Waals surface area contributed by atoms with Gasteiger partial charge in [0, 0.05) is 0 Å². The van der Waals surface area contributed by atoms with Crippen LogP contribution in [0.1, 0.15) is 40.5 Å². The first-order chi connectivity index (χ1) is 8.02. The Labute approximate surface area is 105 Å². The smallest absolute Gasteiger partial charge is 0.408 e. The highest BCUT2D eigenvalue weighted by atomic mass is 19.3. The Morgan fingerprint density at radius 2 is 1.83 bits per heavy atom. The molecular weight excluding hydrogens is 248 g/mol. The highest BCUT2D eigenvalue weighted by molar-refractivity contribution is 5.73. The second kappa shape index (κ2) is 5.97. The lowest BCUT2D eigenvalue weighted by Crippen LogP contribution is -2.55. The van der Waals surface area contributed by atoms with Gasteiger partial charge in [0.1, 0.15) is 11.1 Å². The number of nitrogens with one attached hydrogen (secondary N) is 1. The Morgan fingerprint density at radius 3 is 2.11 bits per heavy atom. The fraction of sp³-hybridized carbons (Fsp3) is 0.818. The van der Waals surface area contributed by atoms with Gasteiger partial charge in [-0.1, -0.05) is 6.92 Å². The monoisotopic (exact) mass is 267 g/mol. The Balaban J connectivity index is 4.89. The largest absolute Gasteiger partial charge is 0.481 e. The molecule has 0 spiro atoms. The molecule has 0 bridgehead atoms. The van der Waals surface area contributed by atoms with E-state index >= 15 is 0 Å². The van der Waals surface area contributed by atoms with Gasteiger partial charge < -0.3 is 15.2 Å². The lowest BCUT2D eigenvalue weighted by molar-refractivity contribution is -0.141. The molecule has 106 valence electrons. The van der Waals surface area contributed by atoms with Crippen LogP contribution in [0.3, 0.4) is 0 Å². The van der Waals surface area contributed by atoms with Gasteiger partial charge in [0.05, 0.1) is 6.42 Å². The van der Waals surface area contributed by atoms with Gasteiger partial charge in [-0.3, -0.25) is 4.79 Å². The van der Waals surface area contributed by atoms with Crippen molar-refractivity contribution in [3.05, 3.63) is 0 Å². The minimum Gasteiger partial charge on any atom is -0.481 e. The number of halogens is 2. The minimum absolute atomic E-state index is 0.212. The SMILES string of the molecule is CCC(CC(=O)O)(NC(=O)OC(C)(C)C)C(F)F. The summed E-state index contributed by atoms with van der Waals surface area (Å²) in [6.45, 7) is 6.13. The molecule has 1 amide bonds. The van der Waals surface area contributed by atoms with Gasteiger partial charge >= 0.3 is 12.1 Å². The summed E-state index contributed by atoms with van der Waals surface area (Å²) in [5.74, 6) is -1.41. The summed E-state index contributed by atoms with van der Waals surface area (Å²) in [5.41, 5.74) is -2.94. The third-order valence-electron chi connectivity index (χ3n) is 2.27. The lowest BCUT2D eigenvalue weighted by atomic mass is 9.92. The standard InChI is InChI=1S/C11H19F2NO4/c1-5-11(8(12)13,6-7(15)16)14-9(17)18-10(2,3)4/h8H,5-6H2,1-4H3,(H,14,17)(H,15,16). The number of carboxylic acid groups (broad SMARTS) is 1. The summed E-state index contributed by atoms with van der Waals surface area (Å²) in [6.07, 6.45) is -5.12. The van der Waals surface area contributed by atoms with Crippen LogP contribution in [0.4, 0.5) is 13.6 Å². The van der Waals surface area contributed by atoms with E-state index in [-0.39, 0.29) is 6.42 Å². The number of ether oxygens (including phenoxy) is 1. The summed E-state index contributed by atoms with van der Waals surface area (Å²) in [6, 6.07) is 0. The van der Waals surface area contributed by atoms with Gasteiger partial charge in [0.2, 0.25) is 0 Å². The van der Waals surface area contributed by atoms with Crippen LogP contribution in [0.15, 0.2) is 0 Å². The first kappa shape index (κ1) is 16.6. The molecule has 0 aromatic carbocycles. The van der Waals surface area contributed by atoms with Crippen LogP contribution in [0, 0.1) is 0 Å². The van der Waals surface area contributed by atoms with Crippen molar-refractivity contribution in [3.63, 3.8) is 0 Å². The maximum absolute atomic E-state index is 13.0. The van der Waals surface area contributed by atoms with Crippen molar-refractivity contribution < 1.29 is 28.2 Å². The zero-order valence-corrected chi connectivity index (χ0v) is 10.9. The summed E-state index contributed by atoms with van der Waals surface area (Å²) in [5, 5.41) is 10.6. The Hall–Kier alpha value is -1.40. The second-order valence-corrected chi connectivity index (χ2v) is 5.01. The van der Waals surface area contributed by atoms with Crippen molar-refractivity contribution in [3.8, 4) is 0 Å². The predicted molar refractivity (Wildman–Crippen MR) is 60.6 cm³/mol. The molecule has 0 fully saturated rings. The summed E-state index contributed by atoms with van der Waals surface area (Å²) < 4.78 is 30.8. The molecule has 5 nitrogen and oxygen atoms in total. The molecule has 1 atom stereocenters. The third-order valence-corrected chi connectivity index (χ3v) is 2.27. The lowest BCUT2D eigenvalue weighted by Gasteiger charge is -2.32. The highest BCUT2D eigenvalue weighted by Gasteiger charge is 2.42. The van der Waals surface area contributed by atoms with Gasteiger partial charge in [0.15, 0.2) is 0 Å². The van der Waals surface area contributed by atoms with E-state index in [2.05, 4.69) is 0 Å². The summed E-state index contributed by atoms with van der Waals surface area (Å²) in [7, 11) is 0. The van der Waals surface area contributed by atoms with E-state index in [1.54, 1.807) is 20.8 Å². The van der Waals surface area contributed by atoms with Crippen LogP contribution in [-0.2, 0) is 9.53 Å². The van der Waals surface area contributed by atoms with Crippen molar-refractivity contribution in [1.82, 2.24) is 5.32 Å². The van der Waals surface area contributed by atoms with Crippen molar-refractivity contribution in [2.45, 2.75) is 58.1 Å². The van der Waals surface area contributed by atoms with Gasteiger partial charge in [-0.25, -0.2) is 13.6 Å². The number of alkyl halides is 2. The zero-order valence-electron chi connectivity index (χ0n) is 10.9. The first-order valence-corrected chi connectivity index (χ1v) is 5.53. The fourth-order valence-corrected chi connectivity index (χ4v) is 1.32. The van der Waals surface area contributed by atoms with Gasteiger partial charge in [-0.2, -0.15) is 0 Å². The molecule has 0 aliphatic carbocycles. The highest BCUT2D eigenvalue weighted by Crippen LogP contribution is 2.25. The average molecular weight is 267 g/mol. The second-order valence-electron chi connectivity index (χ2n) is 5.01. The van der Waals surface area contributed by atoms with Crippen LogP contribution in [0.5, 0.6) is 0 Å². The molecule has 0 rings (SSSR count). The Morgan fingerprint density at radius 1 is 1.33 bits per heavy atom. The molecule has 18 heavy (non-hydrogen) atoms. The number of hydrogen-bond acceptors (Lipinski definition) is 3. The molecule has 1 unspecified atom stereocenters. The number of hydrogen-bond donors (Lipinski definition) is 2. The van der Waals surface area contributed by atoms with Crippen molar-refractivity contribution in [2.24, 2.45) is 0 Å². The number of carboxylic acids is 1. The van der Waals surface area contributed by atoms with E-state index in [9.17, 15) is 18.4 Å². The number of carbonyl (C=O) groups is 2. The zero-order chi connectivity index (χ0) is 14.6. The summed E-state index contributed by atoms with van der Waals surface area (Å²) >= 11 is 0. The molecule has 0 radical (unpaired) electrons. The number of rotatable bonds is 5. The molecule has 0 aliphatic rings. The minimum atomic E-state index is -2.99. The predicted octanol–water partition coefficient (Wildman–Crippen LogP) is 2.40. The Kier molecular flexibility index (Phi) is 5.51. The number of amides is 1. The van der Waals surface area contributed by atoms with Crippen LogP contribution >= 0.6 is 0 Å². The van der Waals surface area contributed by atoms with Crippen molar-refractivity contribution in [2.75, 3.05) is 0 Å². The van der Waals surface area contributed by atoms with Crippen LogP contribution in [0.2, 0.25) is 0 Å². The van der Waals surface area contributed by atoms with Gasteiger partial charge in [-0.05, 0) is 27.2 Å². The van der Waals surface area contributed by atoms with E-state index in [1.807, 2.05) is 5.32 Å². The molecule has 0 aliphatic heterocycles. The van der Waals surface area contributed by atoms with Crippen molar-refractivity contribution in [1.29, 1.82) is 0 Å². The maximum Gasteiger partial charge on any atom is 0.408 e. The van der Waals surface area contributed by atoms with E-state index in [0.29, 0.717) is 0 Å². The van der Waals surface area contributed by atoms with E-state index in [4.69, 9.17) is 9.84 Å². The third kappa shape index (κ3) is 5.29. The number of alkyl carbamates (subject to hydrolysis) is 1. The maximum atomic E-state index is 13.0. The molecule has 0 saturated carbocycles. The molecule has 0 aromatic rings. The quantitative estimate of drug-likeness (QED) is 0.802. The molecular formula is C11H19F2NO4. The van der Waals surface area contributed by atoms with Crippen molar-refractivity contribution >= 4 is 12.1 Å². The van der Waals surface area contributed by atoms with Crippen LogP contribution < -0.4 is 5.32 Å². The molecule has 0 heterocycles. The van der Waals surface area contributed by atoms with E-state index in [1.165, 1.54) is 6.92 Å². The van der Waals surface area contributed by atoms with Crippen LogP contribution in [-0.4, -0.2) is 34.7 Å². The normalized spacial score (nSPS) is 15.1. The number of carbonyl (C=O) groups excluding carboxylic acids is 1. The topological polar surface area (TPSA) is 75.6 Å². The summed E-state index contributed by atoms with van der Waals surface area (Å²) in [4.78, 5) is 22.1. The van der Waals surface area contributed by atoms with Crippen LogP contribution in [0.25, 0.3) is 0 Å². The first-order valence-electron chi connectivity index (χ1n) is 5.53. The fourth-order valence-electron chi connectivity index (χ4n) is 1.32. The molecule has 7 heteroatoms. The Bertz CT molecular complexity index is 315. The average Bonchev–Trinajstić information content (AvgIpc) is 2.12. The molecule has 2 N–H and O–H groups in total. The molecule has 0 saturated heterocycles. The van der Waals surface area contributed by atoms with Gasteiger partial charge in [-0.15, -0.1) is 0 Å². The number of aliphatic carboxylic acids is 1. The van der Waals surface area contributed by atoms with E-state index in [0.717, 1.165) is 0 Å².